The summed E-state index contributed by atoms with van der Waals surface area (Å²) in [6.07, 6.45) is -0.230. The minimum Gasteiger partial charge on any atom is -0.479 e. The second-order valence-electron chi connectivity index (χ2n) is 6.92. The smallest absolute Gasteiger partial charge is 0.341 e. The van der Waals surface area contributed by atoms with Crippen molar-refractivity contribution in [3.63, 3.8) is 0 Å². The SMILES string of the molecule is NC(=O)c1ccc(C(=O)NCCC(=O)NCC(N)(NS(=O)(=O)c2ccccc2)C(=O)O)cc1. The van der Waals surface area contributed by atoms with E-state index in [9.17, 15) is 32.7 Å². The van der Waals surface area contributed by atoms with Crippen molar-refractivity contribution < 1.29 is 32.7 Å². The van der Waals surface area contributed by atoms with Crippen molar-refractivity contribution in [2.75, 3.05) is 13.1 Å². The third kappa shape index (κ3) is 7.10. The van der Waals surface area contributed by atoms with Gasteiger partial charge in [-0.05, 0) is 36.4 Å². The molecule has 0 fully saturated rings. The number of rotatable bonds is 11. The Kier molecular flexibility index (Phi) is 8.23. The average Bonchev–Trinajstić information content (AvgIpc) is 2.78. The minimum atomic E-state index is -4.27. The Morgan fingerprint density at radius 3 is 2.03 bits per heavy atom. The zero-order valence-corrected chi connectivity index (χ0v) is 18.1. The highest BCUT2D eigenvalue weighted by atomic mass is 32.2. The first-order valence-electron chi connectivity index (χ1n) is 9.51. The Balaban J connectivity index is 1.88. The summed E-state index contributed by atoms with van der Waals surface area (Å²) in [6.45, 7) is -0.835. The predicted molar refractivity (Wildman–Crippen MR) is 116 cm³/mol. The van der Waals surface area contributed by atoms with Crippen molar-refractivity contribution >= 4 is 33.7 Å². The molecule has 8 N–H and O–H groups in total. The molecule has 1 atom stereocenters. The number of hydrogen-bond acceptors (Lipinski definition) is 7. The molecule has 0 aromatic heterocycles. The predicted octanol–water partition coefficient (Wildman–Crippen LogP) is -1.26. The van der Waals surface area contributed by atoms with Crippen molar-refractivity contribution in [3.05, 3.63) is 65.7 Å². The van der Waals surface area contributed by atoms with Gasteiger partial charge in [-0.2, -0.15) is 4.72 Å². The Labute approximate surface area is 189 Å². The lowest BCUT2D eigenvalue weighted by Crippen LogP contribution is -2.66. The Bertz CT molecular complexity index is 1140. The van der Waals surface area contributed by atoms with Gasteiger partial charge in [0.15, 0.2) is 5.66 Å². The van der Waals surface area contributed by atoms with E-state index in [0.717, 1.165) is 0 Å². The van der Waals surface area contributed by atoms with E-state index < -0.39 is 45.9 Å². The van der Waals surface area contributed by atoms with Gasteiger partial charge in [0.1, 0.15) is 0 Å². The number of nitrogens with one attached hydrogen (secondary N) is 3. The van der Waals surface area contributed by atoms with Gasteiger partial charge >= 0.3 is 5.97 Å². The van der Waals surface area contributed by atoms with Gasteiger partial charge in [0.2, 0.25) is 21.8 Å². The van der Waals surface area contributed by atoms with E-state index in [1.54, 1.807) is 6.07 Å². The minimum absolute atomic E-state index is 0.0946. The van der Waals surface area contributed by atoms with Gasteiger partial charge in [0, 0.05) is 24.1 Å². The quantitative estimate of drug-likeness (QED) is 0.214. The molecule has 0 aliphatic rings. The third-order valence-electron chi connectivity index (χ3n) is 4.39. The van der Waals surface area contributed by atoms with Crippen LogP contribution in [-0.2, 0) is 19.6 Å². The van der Waals surface area contributed by atoms with Crippen LogP contribution in [0.2, 0.25) is 0 Å². The number of carbonyl (C=O) groups excluding carboxylic acids is 3. The Hall–Kier alpha value is -3.81. The summed E-state index contributed by atoms with van der Waals surface area (Å²) in [7, 11) is -4.27. The number of benzene rings is 2. The normalized spacial score (nSPS) is 12.9. The maximum atomic E-state index is 12.4. The van der Waals surface area contributed by atoms with Gasteiger partial charge in [-0.15, -0.1) is 0 Å². The molecule has 0 bridgehead atoms. The van der Waals surface area contributed by atoms with E-state index in [1.807, 2.05) is 4.72 Å². The molecule has 0 saturated heterocycles. The van der Waals surface area contributed by atoms with Gasteiger partial charge in [0.05, 0.1) is 11.4 Å². The van der Waals surface area contributed by atoms with Crippen molar-refractivity contribution in [3.8, 4) is 0 Å². The lowest BCUT2D eigenvalue weighted by atomic mass is 10.1. The number of carboxylic acids is 1. The van der Waals surface area contributed by atoms with Crippen LogP contribution < -0.4 is 26.8 Å². The maximum absolute atomic E-state index is 12.4. The monoisotopic (exact) mass is 477 g/mol. The van der Waals surface area contributed by atoms with Gasteiger partial charge < -0.3 is 27.2 Å². The highest BCUT2D eigenvalue weighted by Gasteiger charge is 2.39. The first-order valence-corrected chi connectivity index (χ1v) is 11.0. The largest absolute Gasteiger partial charge is 0.479 e. The molecule has 2 aromatic rings. The molecule has 0 aliphatic heterocycles. The number of nitrogens with two attached hydrogens (primary N) is 2. The molecule has 0 radical (unpaired) electrons. The number of carboxylic acid groups (broad SMARTS) is 1. The summed E-state index contributed by atoms with van der Waals surface area (Å²) in [5.74, 6) is -3.51. The molecule has 33 heavy (non-hydrogen) atoms. The van der Waals surface area contributed by atoms with Crippen LogP contribution in [-0.4, -0.2) is 56.0 Å². The van der Waals surface area contributed by atoms with Crippen LogP contribution in [0.25, 0.3) is 0 Å². The molecule has 0 saturated carbocycles. The van der Waals surface area contributed by atoms with E-state index in [4.69, 9.17) is 11.5 Å². The van der Waals surface area contributed by atoms with E-state index in [1.165, 1.54) is 48.5 Å². The second kappa shape index (κ2) is 10.7. The molecule has 2 rings (SSSR count). The maximum Gasteiger partial charge on any atom is 0.341 e. The highest BCUT2D eigenvalue weighted by molar-refractivity contribution is 7.89. The highest BCUT2D eigenvalue weighted by Crippen LogP contribution is 2.10. The van der Waals surface area contributed by atoms with Crippen LogP contribution >= 0.6 is 0 Å². The number of aliphatic carboxylic acids is 1. The van der Waals surface area contributed by atoms with Crippen LogP contribution in [0.1, 0.15) is 27.1 Å². The Morgan fingerprint density at radius 2 is 1.48 bits per heavy atom. The van der Waals surface area contributed by atoms with Gasteiger partial charge in [-0.1, -0.05) is 18.2 Å². The van der Waals surface area contributed by atoms with Crippen LogP contribution in [0.3, 0.4) is 0 Å². The molecule has 176 valence electrons. The first-order chi connectivity index (χ1) is 15.4. The van der Waals surface area contributed by atoms with Crippen molar-refractivity contribution in [1.29, 1.82) is 0 Å². The van der Waals surface area contributed by atoms with Gasteiger partial charge in [0.25, 0.3) is 5.91 Å². The van der Waals surface area contributed by atoms with E-state index in [0.29, 0.717) is 0 Å². The number of carbonyl (C=O) groups is 4. The Morgan fingerprint density at radius 1 is 0.909 bits per heavy atom. The summed E-state index contributed by atoms with van der Waals surface area (Å²) in [6, 6.07) is 12.6. The molecular weight excluding hydrogens is 454 g/mol. The fraction of sp³-hybridized carbons (Fsp3) is 0.200. The summed E-state index contributed by atoms with van der Waals surface area (Å²) >= 11 is 0. The fourth-order valence-corrected chi connectivity index (χ4v) is 3.83. The van der Waals surface area contributed by atoms with E-state index >= 15 is 0 Å². The number of amides is 3. The molecule has 3 amide bonds. The number of primary amides is 1. The van der Waals surface area contributed by atoms with Gasteiger partial charge in [-0.3, -0.25) is 14.4 Å². The third-order valence-corrected chi connectivity index (χ3v) is 5.91. The fourth-order valence-electron chi connectivity index (χ4n) is 2.56. The van der Waals surface area contributed by atoms with E-state index in [2.05, 4.69) is 10.6 Å². The zero-order chi connectivity index (χ0) is 24.6. The summed E-state index contributed by atoms with van der Waals surface area (Å²) in [4.78, 5) is 46.5. The van der Waals surface area contributed by atoms with Crippen LogP contribution in [0, 0.1) is 0 Å². The van der Waals surface area contributed by atoms with Crippen molar-refractivity contribution in [2.24, 2.45) is 11.5 Å². The number of hydrogen-bond donors (Lipinski definition) is 6. The summed E-state index contributed by atoms with van der Waals surface area (Å²) in [5.41, 5.74) is 8.79. The molecule has 0 aliphatic carbocycles. The van der Waals surface area contributed by atoms with E-state index in [-0.39, 0.29) is 29.0 Å². The van der Waals surface area contributed by atoms with Crippen LogP contribution in [0.15, 0.2) is 59.5 Å². The molecular formula is C20H23N5O7S. The van der Waals surface area contributed by atoms with Crippen LogP contribution in [0.5, 0.6) is 0 Å². The average molecular weight is 477 g/mol. The van der Waals surface area contributed by atoms with Gasteiger partial charge in [-0.25, -0.2) is 13.2 Å². The lowest BCUT2D eigenvalue weighted by molar-refractivity contribution is -0.143. The molecule has 0 spiro atoms. The molecule has 13 heteroatoms. The standard InChI is InChI=1S/C20H23N5O7S/c21-17(27)13-6-8-14(9-7-13)18(28)23-11-10-16(26)24-12-20(22,19(29)30)25-33(31,32)15-4-2-1-3-5-15/h1-9,25H,10-12,22H2,(H2,21,27)(H,23,28)(H,24,26)(H,29,30). The van der Waals surface area contributed by atoms with Crippen molar-refractivity contribution in [1.82, 2.24) is 15.4 Å². The topological polar surface area (TPSA) is 211 Å². The summed E-state index contributed by atoms with van der Waals surface area (Å²) in [5, 5.41) is 14.1. The summed E-state index contributed by atoms with van der Waals surface area (Å²) < 4.78 is 26.7. The zero-order valence-electron chi connectivity index (χ0n) is 17.3. The number of sulfonamides is 1. The molecule has 1 unspecified atom stereocenters. The van der Waals surface area contributed by atoms with Crippen molar-refractivity contribution in [2.45, 2.75) is 17.0 Å². The molecule has 12 nitrogen and oxygen atoms in total. The lowest BCUT2D eigenvalue weighted by Gasteiger charge is -2.26. The first kappa shape index (κ1) is 25.5. The second-order valence-corrected chi connectivity index (χ2v) is 8.60. The molecule has 2 aromatic carbocycles. The molecule has 0 heterocycles. The van der Waals surface area contributed by atoms with Crippen LogP contribution in [0.4, 0.5) is 0 Å².